The first-order valence-electron chi connectivity index (χ1n) is 8.34. The Hall–Kier alpha value is -2.59. The van der Waals surface area contributed by atoms with E-state index in [1.807, 2.05) is 24.3 Å². The van der Waals surface area contributed by atoms with Crippen molar-refractivity contribution in [2.75, 3.05) is 13.1 Å². The molecular formula is C18H17F3N2O4S. The zero-order chi connectivity index (χ0) is 20.4. The molecule has 0 bridgehead atoms. The molecule has 0 atom stereocenters. The number of hydrogen-bond donors (Lipinski definition) is 1. The molecule has 1 N–H and O–H groups in total. The number of hydrogen-bond acceptors (Lipinski definition) is 4. The van der Waals surface area contributed by atoms with Gasteiger partial charge in [0.1, 0.15) is 5.75 Å². The predicted molar refractivity (Wildman–Crippen MR) is 93.9 cm³/mol. The first-order chi connectivity index (χ1) is 13.1. The maximum absolute atomic E-state index is 12.4. The second kappa shape index (κ2) is 7.80. The molecule has 2 aromatic carbocycles. The predicted octanol–water partition coefficient (Wildman–Crippen LogP) is 2.45. The van der Waals surface area contributed by atoms with Gasteiger partial charge in [0.05, 0.1) is 11.4 Å². The molecule has 2 aromatic rings. The zero-order valence-corrected chi connectivity index (χ0v) is 15.4. The Bertz CT molecular complexity index is 960. The Balaban J connectivity index is 1.60. The van der Waals surface area contributed by atoms with Crippen LogP contribution in [0.25, 0.3) is 0 Å². The molecule has 0 unspecified atom stereocenters. The Labute approximate surface area is 160 Å². The Kier molecular flexibility index (Phi) is 5.61. The summed E-state index contributed by atoms with van der Waals surface area (Å²) in [6.45, 7) is 0.451. The number of rotatable bonds is 5. The van der Waals surface area contributed by atoms with Crippen LogP contribution in [0.5, 0.6) is 5.75 Å². The molecule has 1 aliphatic heterocycles. The van der Waals surface area contributed by atoms with Gasteiger partial charge < -0.3 is 9.64 Å². The van der Waals surface area contributed by atoms with E-state index >= 15 is 0 Å². The lowest BCUT2D eigenvalue weighted by Crippen LogP contribution is -2.42. The summed E-state index contributed by atoms with van der Waals surface area (Å²) in [4.78, 5) is 13.6. The lowest BCUT2D eigenvalue weighted by molar-refractivity contribution is -0.274. The molecule has 10 heteroatoms. The summed E-state index contributed by atoms with van der Waals surface area (Å²) in [5.74, 6) is -0.912. The van der Waals surface area contributed by atoms with Crippen molar-refractivity contribution in [3.63, 3.8) is 0 Å². The standard InChI is InChI=1S/C18H17F3N2O4S/c19-18(20,21)27-15-5-7-16(8-6-15)28(25,26)22-11-17(24)23-10-9-13-3-1-2-4-14(13)12-23/h1-8,22H,9-12H2. The number of carbonyl (C=O) groups excluding carboxylic acids is 1. The quantitative estimate of drug-likeness (QED) is 0.816. The van der Waals surface area contributed by atoms with Gasteiger partial charge in [-0.15, -0.1) is 13.2 Å². The van der Waals surface area contributed by atoms with E-state index in [1.165, 1.54) is 0 Å². The fourth-order valence-corrected chi connectivity index (χ4v) is 3.86. The largest absolute Gasteiger partial charge is 0.573 e. The number of fused-ring (bicyclic) bond motifs is 1. The lowest BCUT2D eigenvalue weighted by Gasteiger charge is -2.29. The van der Waals surface area contributed by atoms with Crippen LogP contribution in [0.2, 0.25) is 0 Å². The van der Waals surface area contributed by atoms with Gasteiger partial charge in [-0.25, -0.2) is 13.1 Å². The van der Waals surface area contributed by atoms with Gasteiger partial charge in [-0.1, -0.05) is 24.3 Å². The Morgan fingerprint density at radius 1 is 1.07 bits per heavy atom. The van der Waals surface area contributed by atoms with Gasteiger partial charge in [0.2, 0.25) is 15.9 Å². The molecule has 0 spiro atoms. The minimum atomic E-state index is -4.86. The Morgan fingerprint density at radius 3 is 2.36 bits per heavy atom. The fraction of sp³-hybridized carbons (Fsp3) is 0.278. The molecular weight excluding hydrogens is 397 g/mol. The maximum atomic E-state index is 12.4. The molecule has 0 aromatic heterocycles. The summed E-state index contributed by atoms with van der Waals surface area (Å²) in [6.07, 6.45) is -4.17. The molecule has 0 radical (unpaired) electrons. The first-order valence-corrected chi connectivity index (χ1v) is 9.82. The number of amides is 1. The molecule has 1 amide bonds. The number of nitrogens with zero attached hydrogens (tertiary/aromatic N) is 1. The van der Waals surface area contributed by atoms with Crippen molar-refractivity contribution >= 4 is 15.9 Å². The molecule has 0 saturated carbocycles. The first kappa shape index (κ1) is 20.2. The highest BCUT2D eigenvalue weighted by Crippen LogP contribution is 2.24. The van der Waals surface area contributed by atoms with Gasteiger partial charge in [0.15, 0.2) is 0 Å². The van der Waals surface area contributed by atoms with E-state index in [0.717, 1.165) is 35.4 Å². The van der Waals surface area contributed by atoms with Crippen molar-refractivity contribution in [3.8, 4) is 5.75 Å². The molecule has 1 aliphatic rings. The van der Waals surface area contributed by atoms with Crippen LogP contribution >= 0.6 is 0 Å². The van der Waals surface area contributed by atoms with E-state index in [-0.39, 0.29) is 10.8 Å². The van der Waals surface area contributed by atoms with Gasteiger partial charge in [0, 0.05) is 13.1 Å². The number of carbonyl (C=O) groups is 1. The molecule has 6 nitrogen and oxygen atoms in total. The number of nitrogens with one attached hydrogen (secondary N) is 1. The second-order valence-corrected chi connectivity index (χ2v) is 7.94. The van der Waals surface area contributed by atoms with Gasteiger partial charge >= 0.3 is 6.36 Å². The molecule has 150 valence electrons. The van der Waals surface area contributed by atoms with E-state index < -0.39 is 28.7 Å². The summed E-state index contributed by atoms with van der Waals surface area (Å²) in [5, 5.41) is 0. The smallest absolute Gasteiger partial charge is 0.406 e. The van der Waals surface area contributed by atoms with Crippen LogP contribution in [0.15, 0.2) is 53.4 Å². The minimum Gasteiger partial charge on any atom is -0.406 e. The van der Waals surface area contributed by atoms with E-state index in [9.17, 15) is 26.4 Å². The molecule has 0 aliphatic carbocycles. The van der Waals surface area contributed by atoms with E-state index in [2.05, 4.69) is 9.46 Å². The lowest BCUT2D eigenvalue weighted by atomic mass is 10.00. The van der Waals surface area contributed by atoms with Crippen LogP contribution < -0.4 is 9.46 Å². The van der Waals surface area contributed by atoms with Gasteiger partial charge in [0.25, 0.3) is 0 Å². The fourth-order valence-electron chi connectivity index (χ4n) is 2.88. The average Bonchev–Trinajstić information content (AvgIpc) is 2.65. The number of sulfonamides is 1. The highest BCUT2D eigenvalue weighted by molar-refractivity contribution is 7.89. The molecule has 0 fully saturated rings. The van der Waals surface area contributed by atoms with Crippen molar-refractivity contribution in [1.82, 2.24) is 9.62 Å². The highest BCUT2D eigenvalue weighted by atomic mass is 32.2. The monoisotopic (exact) mass is 414 g/mol. The van der Waals surface area contributed by atoms with E-state index in [0.29, 0.717) is 19.5 Å². The third-order valence-corrected chi connectivity index (χ3v) is 5.68. The third kappa shape index (κ3) is 5.02. The minimum absolute atomic E-state index is 0.265. The van der Waals surface area contributed by atoms with Crippen LogP contribution in [0, 0.1) is 0 Å². The van der Waals surface area contributed by atoms with Crippen LogP contribution in [0.4, 0.5) is 13.2 Å². The SMILES string of the molecule is O=C(CNS(=O)(=O)c1ccc(OC(F)(F)F)cc1)N1CCc2ccccc2C1. The summed E-state index contributed by atoms with van der Waals surface area (Å²) in [7, 11) is -4.05. The number of halogens is 3. The zero-order valence-electron chi connectivity index (χ0n) is 14.6. The van der Waals surface area contributed by atoms with Crippen molar-refractivity contribution in [2.24, 2.45) is 0 Å². The van der Waals surface area contributed by atoms with Crippen molar-refractivity contribution < 1.29 is 31.1 Å². The average molecular weight is 414 g/mol. The summed E-state index contributed by atoms with van der Waals surface area (Å²) in [5.41, 5.74) is 2.18. The van der Waals surface area contributed by atoms with Crippen LogP contribution in [0.3, 0.4) is 0 Å². The summed E-state index contributed by atoms with van der Waals surface area (Å²) < 4.78 is 66.9. The number of ether oxygens (including phenoxy) is 1. The number of alkyl halides is 3. The third-order valence-electron chi connectivity index (χ3n) is 4.26. The van der Waals surface area contributed by atoms with Crippen molar-refractivity contribution in [3.05, 3.63) is 59.7 Å². The van der Waals surface area contributed by atoms with E-state index in [4.69, 9.17) is 0 Å². The normalized spacial score (nSPS) is 14.5. The topological polar surface area (TPSA) is 75.7 Å². The van der Waals surface area contributed by atoms with Crippen LogP contribution in [0.1, 0.15) is 11.1 Å². The van der Waals surface area contributed by atoms with Gasteiger partial charge in [-0.2, -0.15) is 0 Å². The van der Waals surface area contributed by atoms with Crippen LogP contribution in [-0.2, 0) is 27.8 Å². The highest BCUT2D eigenvalue weighted by Gasteiger charge is 2.31. The molecule has 3 rings (SSSR count). The molecule has 0 saturated heterocycles. The second-order valence-electron chi connectivity index (χ2n) is 6.18. The number of benzene rings is 2. The van der Waals surface area contributed by atoms with Crippen LogP contribution in [-0.4, -0.2) is 38.7 Å². The molecule has 1 heterocycles. The van der Waals surface area contributed by atoms with Crippen molar-refractivity contribution in [1.29, 1.82) is 0 Å². The summed E-state index contributed by atoms with van der Waals surface area (Å²) >= 11 is 0. The summed E-state index contributed by atoms with van der Waals surface area (Å²) in [6, 6.07) is 11.5. The Morgan fingerprint density at radius 2 is 1.71 bits per heavy atom. The van der Waals surface area contributed by atoms with Crippen molar-refractivity contribution in [2.45, 2.75) is 24.2 Å². The van der Waals surface area contributed by atoms with Gasteiger partial charge in [-0.3, -0.25) is 4.79 Å². The van der Waals surface area contributed by atoms with E-state index in [1.54, 1.807) is 4.90 Å². The van der Waals surface area contributed by atoms with Gasteiger partial charge in [-0.05, 0) is 41.8 Å². The maximum Gasteiger partial charge on any atom is 0.573 e. The molecule has 28 heavy (non-hydrogen) atoms.